The Bertz CT molecular complexity index is 738. The third-order valence-electron chi connectivity index (χ3n) is 2.94. The Morgan fingerprint density at radius 3 is 2.68 bits per heavy atom. The first kappa shape index (κ1) is 11.5. The number of halogens is 1. The van der Waals surface area contributed by atoms with E-state index in [1.165, 1.54) is 6.07 Å². The fourth-order valence-corrected chi connectivity index (χ4v) is 1.93. The van der Waals surface area contributed by atoms with Crippen molar-refractivity contribution in [3.05, 3.63) is 48.3 Å². The standard InChI is InChI=1S/C14H12FN3O/c1-18(11-7-3-2-5-9(11)15)14-17-13-10(16)6-4-8-12(13)19-14/h2-8H,16H2,1H3. The largest absolute Gasteiger partial charge is 0.423 e. The SMILES string of the molecule is CN(c1nc2c(N)cccc2o1)c1ccccc1F. The van der Waals surface area contributed by atoms with Gasteiger partial charge in [0.1, 0.15) is 11.3 Å². The summed E-state index contributed by atoms with van der Waals surface area (Å²) in [5.74, 6) is -0.333. The molecule has 5 heteroatoms. The van der Waals surface area contributed by atoms with Crippen LogP contribution in [0.5, 0.6) is 0 Å². The summed E-state index contributed by atoms with van der Waals surface area (Å²) >= 11 is 0. The predicted octanol–water partition coefficient (Wildman–Crippen LogP) is 3.32. The van der Waals surface area contributed by atoms with Crippen LogP contribution in [0, 0.1) is 5.82 Å². The minimum atomic E-state index is -0.333. The van der Waals surface area contributed by atoms with Crippen molar-refractivity contribution in [2.24, 2.45) is 0 Å². The number of benzene rings is 2. The van der Waals surface area contributed by atoms with Crippen molar-refractivity contribution < 1.29 is 8.81 Å². The number of anilines is 3. The summed E-state index contributed by atoms with van der Waals surface area (Å²) < 4.78 is 19.3. The second-order valence-corrected chi connectivity index (χ2v) is 4.20. The van der Waals surface area contributed by atoms with Gasteiger partial charge in [0.25, 0.3) is 0 Å². The third-order valence-corrected chi connectivity index (χ3v) is 2.94. The number of nitrogens with two attached hydrogens (primary N) is 1. The molecule has 0 aliphatic carbocycles. The van der Waals surface area contributed by atoms with E-state index in [4.69, 9.17) is 10.2 Å². The van der Waals surface area contributed by atoms with Crippen LogP contribution in [0.25, 0.3) is 11.1 Å². The molecule has 0 radical (unpaired) electrons. The fraction of sp³-hybridized carbons (Fsp3) is 0.0714. The number of hydrogen-bond donors (Lipinski definition) is 1. The number of nitrogen functional groups attached to an aromatic ring is 1. The maximum atomic E-state index is 13.7. The van der Waals surface area contributed by atoms with Gasteiger partial charge in [0.05, 0.1) is 11.4 Å². The fourth-order valence-electron chi connectivity index (χ4n) is 1.93. The molecular weight excluding hydrogens is 245 g/mol. The van der Waals surface area contributed by atoms with Gasteiger partial charge >= 0.3 is 6.01 Å². The number of nitrogens with zero attached hydrogens (tertiary/aromatic N) is 2. The summed E-state index contributed by atoms with van der Waals surface area (Å²) in [6.45, 7) is 0. The Labute approximate surface area is 109 Å². The molecule has 1 heterocycles. The molecule has 0 amide bonds. The van der Waals surface area contributed by atoms with E-state index >= 15 is 0 Å². The highest BCUT2D eigenvalue weighted by Crippen LogP contribution is 2.30. The molecule has 0 aliphatic rings. The van der Waals surface area contributed by atoms with E-state index in [2.05, 4.69) is 4.98 Å². The Morgan fingerprint density at radius 1 is 1.16 bits per heavy atom. The lowest BCUT2D eigenvalue weighted by molar-refractivity contribution is 0.590. The molecule has 1 aromatic heterocycles. The van der Waals surface area contributed by atoms with Gasteiger partial charge in [-0.15, -0.1) is 0 Å². The second kappa shape index (κ2) is 4.28. The van der Waals surface area contributed by atoms with E-state index in [1.807, 2.05) is 0 Å². The van der Waals surface area contributed by atoms with E-state index in [9.17, 15) is 4.39 Å². The molecule has 2 N–H and O–H groups in total. The molecule has 0 fully saturated rings. The first-order valence-electron chi connectivity index (χ1n) is 5.80. The van der Waals surface area contributed by atoms with Crippen molar-refractivity contribution in [2.45, 2.75) is 0 Å². The van der Waals surface area contributed by atoms with Crippen LogP contribution < -0.4 is 10.6 Å². The van der Waals surface area contributed by atoms with Gasteiger partial charge < -0.3 is 10.2 Å². The zero-order valence-corrected chi connectivity index (χ0v) is 10.3. The molecule has 4 nitrogen and oxygen atoms in total. The van der Waals surface area contributed by atoms with Crippen molar-refractivity contribution in [3.8, 4) is 0 Å². The second-order valence-electron chi connectivity index (χ2n) is 4.20. The Morgan fingerprint density at radius 2 is 1.95 bits per heavy atom. The molecule has 0 saturated carbocycles. The molecule has 2 aromatic carbocycles. The smallest absolute Gasteiger partial charge is 0.302 e. The minimum Gasteiger partial charge on any atom is -0.423 e. The van der Waals surface area contributed by atoms with E-state index in [-0.39, 0.29) is 5.82 Å². The summed E-state index contributed by atoms with van der Waals surface area (Å²) in [6.07, 6.45) is 0. The molecule has 0 atom stereocenters. The average Bonchev–Trinajstić information content (AvgIpc) is 2.84. The van der Waals surface area contributed by atoms with Gasteiger partial charge in [-0.2, -0.15) is 4.98 Å². The monoisotopic (exact) mass is 257 g/mol. The summed E-state index contributed by atoms with van der Waals surface area (Å²) in [6, 6.07) is 12.1. The summed E-state index contributed by atoms with van der Waals surface area (Å²) in [7, 11) is 1.69. The molecule has 0 spiro atoms. The predicted molar refractivity (Wildman–Crippen MR) is 72.9 cm³/mol. The molecule has 19 heavy (non-hydrogen) atoms. The van der Waals surface area contributed by atoms with Crippen LogP contribution in [0.4, 0.5) is 21.8 Å². The quantitative estimate of drug-likeness (QED) is 0.715. The van der Waals surface area contributed by atoms with Gasteiger partial charge in [0.2, 0.25) is 0 Å². The van der Waals surface area contributed by atoms with Crippen LogP contribution in [-0.2, 0) is 0 Å². The topological polar surface area (TPSA) is 55.3 Å². The highest BCUT2D eigenvalue weighted by atomic mass is 19.1. The highest BCUT2D eigenvalue weighted by molar-refractivity contribution is 5.86. The van der Waals surface area contributed by atoms with Crippen molar-refractivity contribution in [3.63, 3.8) is 0 Å². The molecule has 0 saturated heterocycles. The minimum absolute atomic E-state index is 0.304. The molecule has 3 aromatic rings. The van der Waals surface area contributed by atoms with Crippen molar-refractivity contribution in [1.29, 1.82) is 0 Å². The third kappa shape index (κ3) is 1.89. The normalized spacial score (nSPS) is 10.8. The van der Waals surface area contributed by atoms with Crippen LogP contribution >= 0.6 is 0 Å². The van der Waals surface area contributed by atoms with Crippen molar-refractivity contribution >= 4 is 28.5 Å². The van der Waals surface area contributed by atoms with Crippen molar-refractivity contribution in [1.82, 2.24) is 4.98 Å². The lowest BCUT2D eigenvalue weighted by atomic mass is 10.3. The summed E-state index contributed by atoms with van der Waals surface area (Å²) in [5.41, 5.74) is 7.92. The number of fused-ring (bicyclic) bond motifs is 1. The van der Waals surface area contributed by atoms with E-state index < -0.39 is 0 Å². The van der Waals surface area contributed by atoms with Gasteiger partial charge in [-0.25, -0.2) is 4.39 Å². The van der Waals surface area contributed by atoms with Crippen LogP contribution in [0.1, 0.15) is 0 Å². The molecule has 96 valence electrons. The van der Waals surface area contributed by atoms with Crippen LogP contribution in [0.3, 0.4) is 0 Å². The average molecular weight is 257 g/mol. The molecule has 0 aliphatic heterocycles. The Hall–Kier alpha value is -2.56. The molecule has 0 bridgehead atoms. The first-order chi connectivity index (χ1) is 9.16. The van der Waals surface area contributed by atoms with Gasteiger partial charge in [0, 0.05) is 7.05 Å². The lowest BCUT2D eigenvalue weighted by Gasteiger charge is -2.14. The number of oxazole rings is 1. The zero-order chi connectivity index (χ0) is 13.4. The van der Waals surface area contributed by atoms with E-state index in [0.29, 0.717) is 28.5 Å². The highest BCUT2D eigenvalue weighted by Gasteiger charge is 2.15. The Balaban J connectivity index is 2.10. The molecular formula is C14H12FN3O. The van der Waals surface area contributed by atoms with Crippen molar-refractivity contribution in [2.75, 3.05) is 17.7 Å². The number of aromatic nitrogens is 1. The van der Waals surface area contributed by atoms with E-state index in [0.717, 1.165) is 0 Å². The summed E-state index contributed by atoms with van der Waals surface area (Å²) in [4.78, 5) is 5.85. The summed E-state index contributed by atoms with van der Waals surface area (Å²) in [5, 5.41) is 0. The molecule has 0 unspecified atom stereocenters. The van der Waals surface area contributed by atoms with Gasteiger partial charge in [-0.3, -0.25) is 4.90 Å². The zero-order valence-electron chi connectivity index (χ0n) is 10.3. The number of rotatable bonds is 2. The van der Waals surface area contributed by atoms with Crippen LogP contribution in [-0.4, -0.2) is 12.0 Å². The van der Waals surface area contributed by atoms with Gasteiger partial charge in [0.15, 0.2) is 5.58 Å². The maximum Gasteiger partial charge on any atom is 0.302 e. The molecule has 3 rings (SSSR count). The van der Waals surface area contributed by atoms with Gasteiger partial charge in [-0.1, -0.05) is 18.2 Å². The van der Waals surface area contributed by atoms with E-state index in [1.54, 1.807) is 48.3 Å². The van der Waals surface area contributed by atoms with Crippen LogP contribution in [0.15, 0.2) is 46.9 Å². The first-order valence-corrected chi connectivity index (χ1v) is 5.80. The lowest BCUT2D eigenvalue weighted by Crippen LogP contribution is -2.11. The van der Waals surface area contributed by atoms with Crippen LogP contribution in [0.2, 0.25) is 0 Å². The number of para-hydroxylation sites is 2. The Kier molecular flexibility index (Phi) is 2.59. The maximum absolute atomic E-state index is 13.7. The van der Waals surface area contributed by atoms with Gasteiger partial charge in [-0.05, 0) is 24.3 Å². The number of hydrogen-bond acceptors (Lipinski definition) is 4.